The van der Waals surface area contributed by atoms with E-state index in [4.69, 9.17) is 11.6 Å². The second-order valence-corrected chi connectivity index (χ2v) is 6.57. The molecule has 2 heterocycles. The van der Waals surface area contributed by atoms with Gasteiger partial charge in [-0.15, -0.1) is 0 Å². The van der Waals surface area contributed by atoms with Gasteiger partial charge in [0.15, 0.2) is 5.43 Å². The summed E-state index contributed by atoms with van der Waals surface area (Å²) in [5.41, 5.74) is 3.96. The number of nitrogens with zero attached hydrogens (tertiary/aromatic N) is 1. The molecule has 0 fully saturated rings. The van der Waals surface area contributed by atoms with E-state index in [0.29, 0.717) is 5.02 Å². The maximum Gasteiger partial charge on any atom is 0.181 e. The molecule has 3 nitrogen and oxygen atoms in total. The second-order valence-electron chi connectivity index (χ2n) is 6.13. The highest BCUT2D eigenvalue weighted by Gasteiger charge is 2.14. The number of aryl methyl sites for hydroxylation is 1. The Morgan fingerprint density at radius 2 is 1.75 bits per heavy atom. The molecule has 0 aliphatic carbocycles. The molecule has 4 heteroatoms. The highest BCUT2D eigenvalue weighted by molar-refractivity contribution is 6.32. The second kappa shape index (κ2) is 4.62. The number of aromatic nitrogens is 2. The number of rotatable bonds is 0. The van der Waals surface area contributed by atoms with Crippen molar-refractivity contribution in [3.63, 3.8) is 0 Å². The lowest BCUT2D eigenvalue weighted by atomic mass is 10.00. The van der Waals surface area contributed by atoms with Crippen LogP contribution in [0.2, 0.25) is 5.02 Å². The number of pyridine rings is 2. The Labute approximate surface area is 142 Å². The van der Waals surface area contributed by atoms with Gasteiger partial charge in [-0.2, -0.15) is 0 Å². The Kier molecular flexibility index (Phi) is 2.62. The molecule has 0 aliphatic rings. The van der Waals surface area contributed by atoms with E-state index in [1.807, 2.05) is 54.1 Å². The first-order valence-electron chi connectivity index (χ1n) is 7.76. The molecule has 0 aliphatic heterocycles. The molecule has 1 N–H and O–H groups in total. The third-order valence-corrected chi connectivity index (χ3v) is 5.00. The van der Waals surface area contributed by atoms with Gasteiger partial charge >= 0.3 is 0 Å². The Morgan fingerprint density at radius 3 is 2.62 bits per heavy atom. The molecule has 0 saturated carbocycles. The van der Waals surface area contributed by atoms with E-state index >= 15 is 0 Å². The molecule has 5 aromatic rings. The van der Waals surface area contributed by atoms with Crippen LogP contribution >= 0.6 is 11.6 Å². The molecule has 0 radical (unpaired) electrons. The van der Waals surface area contributed by atoms with Crippen LogP contribution in [0.3, 0.4) is 0 Å². The Hall–Kier alpha value is -2.78. The summed E-state index contributed by atoms with van der Waals surface area (Å²) in [6.45, 7) is 0. The molecule has 24 heavy (non-hydrogen) atoms. The van der Waals surface area contributed by atoms with Crippen LogP contribution in [0.15, 0.2) is 59.4 Å². The van der Waals surface area contributed by atoms with Crippen molar-refractivity contribution in [1.82, 2.24) is 9.55 Å². The van der Waals surface area contributed by atoms with Crippen molar-refractivity contribution in [1.29, 1.82) is 0 Å². The summed E-state index contributed by atoms with van der Waals surface area (Å²) in [4.78, 5) is 15.9. The molecular formula is C20H13ClN2O. The first-order valence-corrected chi connectivity index (χ1v) is 8.14. The lowest BCUT2D eigenvalue weighted by molar-refractivity contribution is 1.00. The van der Waals surface area contributed by atoms with Crippen molar-refractivity contribution < 1.29 is 0 Å². The first-order chi connectivity index (χ1) is 11.6. The van der Waals surface area contributed by atoms with Gasteiger partial charge in [0.05, 0.1) is 16.6 Å². The summed E-state index contributed by atoms with van der Waals surface area (Å²) in [7, 11) is 1.97. The summed E-state index contributed by atoms with van der Waals surface area (Å²) in [5, 5.41) is 4.88. The third-order valence-electron chi connectivity index (χ3n) is 4.77. The standard InChI is InChI=1S/C20H13ClN2O/c1-23-17-8-11(21)6-7-14(17)20-19-15(9-12(24)10-18(19)23)13-4-2-3-5-16(13)22-20/h2-10,22H,1H3. The van der Waals surface area contributed by atoms with E-state index in [1.54, 1.807) is 12.1 Å². The summed E-state index contributed by atoms with van der Waals surface area (Å²) < 4.78 is 2.04. The van der Waals surface area contributed by atoms with Crippen LogP contribution in [0.4, 0.5) is 0 Å². The SMILES string of the molecule is Cn1c2cc(Cl)ccc2c2[nH]c3ccccc3c3cc(=O)cc1c32. The largest absolute Gasteiger partial charge is 0.354 e. The number of fused-ring (bicyclic) bond motifs is 4. The van der Waals surface area contributed by atoms with E-state index in [0.717, 1.165) is 43.6 Å². The van der Waals surface area contributed by atoms with Gasteiger partial charge in [0, 0.05) is 39.8 Å². The highest BCUT2D eigenvalue weighted by atomic mass is 35.5. The molecule has 0 saturated heterocycles. The predicted octanol–water partition coefficient (Wildman–Crippen LogP) is 4.98. The van der Waals surface area contributed by atoms with Crippen LogP contribution in [0.1, 0.15) is 0 Å². The molecule has 5 rings (SSSR count). The maximum atomic E-state index is 12.3. The van der Waals surface area contributed by atoms with E-state index < -0.39 is 0 Å². The van der Waals surface area contributed by atoms with E-state index in [1.165, 1.54) is 0 Å². The van der Waals surface area contributed by atoms with Gasteiger partial charge in [-0.05, 0) is 35.7 Å². The lowest BCUT2D eigenvalue weighted by Crippen LogP contribution is -2.05. The number of hydrogen-bond acceptors (Lipinski definition) is 1. The van der Waals surface area contributed by atoms with Crippen molar-refractivity contribution in [2.75, 3.05) is 0 Å². The van der Waals surface area contributed by atoms with Crippen molar-refractivity contribution in [2.24, 2.45) is 7.05 Å². The van der Waals surface area contributed by atoms with Crippen molar-refractivity contribution in [3.05, 3.63) is 69.8 Å². The monoisotopic (exact) mass is 332 g/mol. The Bertz CT molecular complexity index is 1340. The van der Waals surface area contributed by atoms with Crippen molar-refractivity contribution in [2.45, 2.75) is 0 Å². The zero-order valence-corrected chi connectivity index (χ0v) is 13.7. The molecule has 0 spiro atoms. The van der Waals surface area contributed by atoms with Crippen LogP contribution in [-0.2, 0) is 7.05 Å². The lowest BCUT2D eigenvalue weighted by Gasteiger charge is -2.16. The fourth-order valence-electron chi connectivity index (χ4n) is 3.69. The van der Waals surface area contributed by atoms with Crippen LogP contribution in [0.25, 0.3) is 43.6 Å². The van der Waals surface area contributed by atoms with Gasteiger partial charge in [0.25, 0.3) is 0 Å². The summed E-state index contributed by atoms with van der Waals surface area (Å²) in [5.74, 6) is 0. The number of aromatic amines is 1. The molecule has 0 atom stereocenters. The van der Waals surface area contributed by atoms with Crippen molar-refractivity contribution in [3.8, 4) is 0 Å². The van der Waals surface area contributed by atoms with Gasteiger partial charge in [-0.25, -0.2) is 0 Å². The molecule has 2 aromatic heterocycles. The van der Waals surface area contributed by atoms with Gasteiger partial charge in [-0.3, -0.25) is 4.79 Å². The fourth-order valence-corrected chi connectivity index (χ4v) is 3.86. The summed E-state index contributed by atoms with van der Waals surface area (Å²) >= 11 is 6.20. The number of H-pyrrole nitrogens is 1. The minimum atomic E-state index is 0.0112. The average molecular weight is 333 g/mol. The Morgan fingerprint density at radius 1 is 0.917 bits per heavy atom. The molecule has 3 aromatic carbocycles. The van der Waals surface area contributed by atoms with Crippen LogP contribution in [-0.4, -0.2) is 9.55 Å². The zero-order chi connectivity index (χ0) is 16.4. The third kappa shape index (κ3) is 1.70. The maximum absolute atomic E-state index is 12.3. The highest BCUT2D eigenvalue weighted by Crippen LogP contribution is 2.35. The minimum Gasteiger partial charge on any atom is -0.354 e. The number of hydrogen-bond donors (Lipinski definition) is 1. The number of benzene rings is 3. The average Bonchev–Trinajstić information content (AvgIpc) is 2.59. The van der Waals surface area contributed by atoms with Gasteiger partial charge in [0.2, 0.25) is 0 Å². The fraction of sp³-hybridized carbons (Fsp3) is 0.0500. The normalized spacial score (nSPS) is 11.9. The molecule has 116 valence electrons. The quantitative estimate of drug-likeness (QED) is 0.315. The first kappa shape index (κ1) is 13.6. The van der Waals surface area contributed by atoms with Crippen LogP contribution in [0, 0.1) is 0 Å². The molecular weight excluding hydrogens is 320 g/mol. The predicted molar refractivity (Wildman–Crippen MR) is 101 cm³/mol. The molecule has 0 amide bonds. The van der Waals surface area contributed by atoms with E-state index in [9.17, 15) is 4.79 Å². The van der Waals surface area contributed by atoms with Crippen molar-refractivity contribution >= 4 is 55.2 Å². The number of halogens is 1. The van der Waals surface area contributed by atoms with Crippen LogP contribution < -0.4 is 5.43 Å². The summed E-state index contributed by atoms with van der Waals surface area (Å²) in [6.07, 6.45) is 0. The van der Waals surface area contributed by atoms with Crippen LogP contribution in [0.5, 0.6) is 0 Å². The zero-order valence-electron chi connectivity index (χ0n) is 12.9. The van der Waals surface area contributed by atoms with E-state index in [-0.39, 0.29) is 5.43 Å². The number of para-hydroxylation sites is 1. The molecule has 0 bridgehead atoms. The Balaban J connectivity index is 2.24. The van der Waals surface area contributed by atoms with E-state index in [2.05, 4.69) is 4.98 Å². The van der Waals surface area contributed by atoms with Gasteiger partial charge < -0.3 is 9.55 Å². The van der Waals surface area contributed by atoms with Gasteiger partial charge in [-0.1, -0.05) is 29.8 Å². The smallest absolute Gasteiger partial charge is 0.181 e. The topological polar surface area (TPSA) is 37.8 Å². The summed E-state index contributed by atoms with van der Waals surface area (Å²) in [6, 6.07) is 17.4. The molecule has 0 unspecified atom stereocenters. The minimum absolute atomic E-state index is 0.0112. The number of nitrogens with one attached hydrogen (secondary N) is 1. The van der Waals surface area contributed by atoms with Gasteiger partial charge in [0.1, 0.15) is 0 Å².